The Labute approximate surface area is 223 Å². The van der Waals surface area contributed by atoms with Gasteiger partial charge in [-0.25, -0.2) is 8.42 Å². The fraction of sp³-hybridized carbons (Fsp3) is 0.364. The highest BCUT2D eigenvalue weighted by molar-refractivity contribution is 7.91. The molecule has 0 radical (unpaired) electrons. The van der Waals surface area contributed by atoms with Crippen LogP contribution in [0.3, 0.4) is 0 Å². The summed E-state index contributed by atoms with van der Waals surface area (Å²) in [5, 5.41) is 2.98. The Hall–Kier alpha value is -2.25. The van der Waals surface area contributed by atoms with E-state index in [1.54, 1.807) is 12.1 Å². The van der Waals surface area contributed by atoms with Gasteiger partial charge in [0.25, 0.3) is 5.90 Å². The number of sulfone groups is 1. The first-order valence-corrected chi connectivity index (χ1v) is 13.7. The molecule has 0 bridgehead atoms. The lowest BCUT2D eigenvalue weighted by atomic mass is 9.84. The lowest BCUT2D eigenvalue weighted by Gasteiger charge is -2.47. The van der Waals surface area contributed by atoms with E-state index < -0.39 is 50.5 Å². The molecule has 0 aromatic heterocycles. The van der Waals surface area contributed by atoms with Gasteiger partial charge in [-0.05, 0) is 40.5 Å². The fourth-order valence-corrected chi connectivity index (χ4v) is 5.66. The van der Waals surface area contributed by atoms with Crippen molar-refractivity contribution in [3.05, 3.63) is 67.7 Å². The molecule has 3 aliphatic rings. The maximum Gasteiger partial charge on any atom is 0.475 e. The van der Waals surface area contributed by atoms with Gasteiger partial charge in [-0.2, -0.15) is 13.2 Å². The molecule has 1 fully saturated rings. The van der Waals surface area contributed by atoms with Crippen LogP contribution in [0.2, 0.25) is 15.1 Å². The molecule has 0 aliphatic carbocycles. The third-order valence-electron chi connectivity index (χ3n) is 6.21. The molecule has 1 unspecified atom stereocenters. The van der Waals surface area contributed by atoms with Gasteiger partial charge in [-0.3, -0.25) is 4.79 Å². The number of nitrogens with zero attached hydrogens (tertiary/aromatic N) is 2. The number of oxime groups is 1. The summed E-state index contributed by atoms with van der Waals surface area (Å²) in [6.07, 6.45) is -4.10. The van der Waals surface area contributed by atoms with E-state index in [0.717, 1.165) is 24.0 Å². The molecular formula is C22H16Cl3F3N2O6S. The van der Waals surface area contributed by atoms with Crippen molar-refractivity contribution in [1.29, 1.82) is 0 Å². The van der Waals surface area contributed by atoms with Gasteiger partial charge >= 0.3 is 12.0 Å². The van der Waals surface area contributed by atoms with Gasteiger partial charge in [0.1, 0.15) is 11.4 Å². The molecule has 198 valence electrons. The van der Waals surface area contributed by atoms with Crippen LogP contribution < -0.4 is 0 Å². The van der Waals surface area contributed by atoms with Gasteiger partial charge in [0.05, 0.1) is 40.3 Å². The van der Waals surface area contributed by atoms with Crippen molar-refractivity contribution in [2.45, 2.75) is 24.2 Å². The predicted molar refractivity (Wildman–Crippen MR) is 127 cm³/mol. The van der Waals surface area contributed by atoms with E-state index in [4.69, 9.17) is 49.1 Å². The van der Waals surface area contributed by atoms with Crippen LogP contribution in [0.15, 0.2) is 35.5 Å². The average Bonchev–Trinajstić information content (AvgIpc) is 3.37. The molecule has 1 saturated heterocycles. The molecule has 37 heavy (non-hydrogen) atoms. The van der Waals surface area contributed by atoms with E-state index >= 15 is 0 Å². The minimum absolute atomic E-state index is 0.122. The quantitative estimate of drug-likeness (QED) is 0.484. The van der Waals surface area contributed by atoms with E-state index in [-0.39, 0.29) is 40.3 Å². The number of hydrogen-bond donors (Lipinski definition) is 0. The molecule has 1 atom stereocenters. The van der Waals surface area contributed by atoms with Crippen LogP contribution in [-0.4, -0.2) is 56.4 Å². The number of benzene rings is 2. The summed E-state index contributed by atoms with van der Waals surface area (Å²) in [4.78, 5) is 18.4. The second kappa shape index (κ2) is 8.63. The monoisotopic (exact) mass is 598 g/mol. The zero-order valence-corrected chi connectivity index (χ0v) is 21.8. The fourth-order valence-electron chi connectivity index (χ4n) is 4.43. The van der Waals surface area contributed by atoms with Gasteiger partial charge in [0.2, 0.25) is 5.91 Å². The largest absolute Gasteiger partial charge is 0.475 e. The predicted octanol–water partition coefficient (Wildman–Crippen LogP) is 4.38. The topological polar surface area (TPSA) is 94.5 Å². The highest BCUT2D eigenvalue weighted by Crippen LogP contribution is 2.50. The van der Waals surface area contributed by atoms with Crippen molar-refractivity contribution >= 4 is 56.4 Å². The molecular weight excluding hydrogens is 584 g/mol. The van der Waals surface area contributed by atoms with Crippen molar-refractivity contribution < 1.29 is 40.7 Å². The lowest BCUT2D eigenvalue weighted by Crippen LogP contribution is -2.62. The van der Waals surface area contributed by atoms with Crippen molar-refractivity contribution in [2.24, 2.45) is 5.16 Å². The molecule has 1 amide bonds. The van der Waals surface area contributed by atoms with Gasteiger partial charge in [0, 0.05) is 11.8 Å². The first-order valence-electron chi connectivity index (χ1n) is 10.5. The van der Waals surface area contributed by atoms with Crippen LogP contribution in [0.4, 0.5) is 13.2 Å². The van der Waals surface area contributed by atoms with Crippen LogP contribution in [0.25, 0.3) is 0 Å². The zero-order chi connectivity index (χ0) is 27.0. The summed E-state index contributed by atoms with van der Waals surface area (Å²) >= 11 is 17.7. The van der Waals surface area contributed by atoms with Gasteiger partial charge < -0.3 is 19.2 Å². The smallest absolute Gasteiger partial charge is 0.419 e. The molecule has 8 nitrogen and oxygen atoms in total. The second-order valence-corrected chi connectivity index (χ2v) is 12.3. The van der Waals surface area contributed by atoms with Gasteiger partial charge in [0.15, 0.2) is 9.84 Å². The number of carbonyl (C=O) groups excluding carboxylic acids is 1. The van der Waals surface area contributed by atoms with Crippen molar-refractivity contribution in [3.8, 4) is 0 Å². The molecule has 1 spiro atoms. The maximum atomic E-state index is 14.2. The Kier molecular flexibility index (Phi) is 6.15. The standard InChI is InChI=1S/C22H16Cl3F3N2O6S/c1-37(32,33)8-17(31)30-9-20(10-30)14-3-2-11(4-12(14)7-34-20)19-29-36-21(35-19,22(26,27)28)13-5-15(23)18(25)16(24)6-13/h2-6H,7-10H2,1H3. The number of alkyl halides is 3. The molecule has 0 saturated carbocycles. The van der Waals surface area contributed by atoms with E-state index in [1.165, 1.54) is 11.0 Å². The SMILES string of the molecule is CS(=O)(=O)CC(=O)N1CC2(C1)OCc1cc(C3=NOC(c4cc(Cl)c(Cl)c(Cl)c4)(C(F)(F)F)O3)ccc12. The molecule has 2 aromatic carbocycles. The summed E-state index contributed by atoms with van der Waals surface area (Å²) in [6.45, 7) is 0.436. The van der Waals surface area contributed by atoms with Crippen LogP contribution in [0.1, 0.15) is 22.3 Å². The number of likely N-dealkylation sites (tertiary alicyclic amines) is 1. The third kappa shape index (κ3) is 4.42. The van der Waals surface area contributed by atoms with Crippen molar-refractivity contribution in [2.75, 3.05) is 25.1 Å². The average molecular weight is 600 g/mol. The van der Waals surface area contributed by atoms with E-state index in [2.05, 4.69) is 5.16 Å². The lowest BCUT2D eigenvalue weighted by molar-refractivity contribution is -0.352. The van der Waals surface area contributed by atoms with Gasteiger partial charge in [-0.15, -0.1) is 0 Å². The molecule has 3 aliphatic heterocycles. The number of halogens is 6. The Morgan fingerprint density at radius 2 is 1.78 bits per heavy atom. The summed E-state index contributed by atoms with van der Waals surface area (Å²) in [5.74, 6) is -4.86. The highest BCUT2D eigenvalue weighted by atomic mass is 35.5. The highest BCUT2D eigenvalue weighted by Gasteiger charge is 2.66. The van der Waals surface area contributed by atoms with Crippen molar-refractivity contribution in [3.63, 3.8) is 0 Å². The summed E-state index contributed by atoms with van der Waals surface area (Å²) < 4.78 is 76.6. The summed E-state index contributed by atoms with van der Waals surface area (Å²) in [7, 11) is -3.47. The first kappa shape index (κ1) is 26.4. The van der Waals surface area contributed by atoms with Crippen LogP contribution in [-0.2, 0) is 46.9 Å². The third-order valence-corrected chi connectivity index (χ3v) is 8.18. The number of amides is 1. The van der Waals surface area contributed by atoms with Gasteiger partial charge in [-0.1, -0.05) is 40.9 Å². The molecule has 2 aromatic rings. The number of ether oxygens (including phenoxy) is 2. The minimum Gasteiger partial charge on any atom is -0.419 e. The Balaban J connectivity index is 1.38. The maximum absolute atomic E-state index is 14.2. The van der Waals surface area contributed by atoms with E-state index in [0.29, 0.717) is 5.56 Å². The second-order valence-electron chi connectivity index (χ2n) is 8.93. The summed E-state index contributed by atoms with van der Waals surface area (Å²) in [6, 6.07) is 6.57. The molecule has 3 heterocycles. The zero-order valence-electron chi connectivity index (χ0n) is 18.7. The minimum atomic E-state index is -5.07. The number of hydrogen-bond acceptors (Lipinski definition) is 7. The molecule has 0 N–H and O–H groups in total. The normalized spacial score (nSPS) is 22.2. The molecule has 5 rings (SSSR count). The van der Waals surface area contributed by atoms with E-state index in [1.807, 2.05) is 0 Å². The number of fused-ring (bicyclic) bond motifs is 2. The van der Waals surface area contributed by atoms with Crippen LogP contribution >= 0.6 is 34.8 Å². The van der Waals surface area contributed by atoms with Crippen LogP contribution in [0, 0.1) is 0 Å². The van der Waals surface area contributed by atoms with Crippen molar-refractivity contribution in [1.82, 2.24) is 4.90 Å². The Morgan fingerprint density at radius 3 is 2.38 bits per heavy atom. The Morgan fingerprint density at radius 1 is 1.14 bits per heavy atom. The summed E-state index contributed by atoms with van der Waals surface area (Å²) in [5.41, 5.74) is 0.220. The molecule has 15 heteroatoms. The number of rotatable bonds is 4. The van der Waals surface area contributed by atoms with Crippen LogP contribution in [0.5, 0.6) is 0 Å². The van der Waals surface area contributed by atoms with E-state index in [9.17, 15) is 26.4 Å². The first-order chi connectivity index (χ1) is 17.1. The number of carbonyl (C=O) groups is 1. The Bertz CT molecular complexity index is 1440.